The van der Waals surface area contributed by atoms with Gasteiger partial charge in [0.1, 0.15) is 6.07 Å². The number of nitriles is 1. The van der Waals surface area contributed by atoms with E-state index in [0.29, 0.717) is 22.5 Å². The molecule has 2 amide bonds. The molecular weight excluding hydrogens is 430 g/mol. The lowest BCUT2D eigenvalue weighted by Crippen LogP contribution is -2.43. The van der Waals surface area contributed by atoms with E-state index in [2.05, 4.69) is 32.1 Å². The zero-order valence-corrected chi connectivity index (χ0v) is 19.6. The number of amides is 2. The average Bonchev–Trinajstić information content (AvgIpc) is 3.22. The maximum atomic E-state index is 13.1. The van der Waals surface area contributed by atoms with Gasteiger partial charge in [0, 0.05) is 31.2 Å². The number of rotatable bonds is 6. The zero-order valence-electron chi connectivity index (χ0n) is 19.6. The minimum Gasteiger partial charge on any atom is -0.382 e. The van der Waals surface area contributed by atoms with E-state index in [0.717, 1.165) is 36.9 Å². The summed E-state index contributed by atoms with van der Waals surface area (Å²) in [6, 6.07) is 9.89. The van der Waals surface area contributed by atoms with Crippen molar-refractivity contribution in [3.63, 3.8) is 0 Å². The fourth-order valence-corrected chi connectivity index (χ4v) is 4.39. The molecule has 9 heteroatoms. The molecule has 3 heterocycles. The highest BCUT2D eigenvalue weighted by Crippen LogP contribution is 2.26. The second kappa shape index (κ2) is 9.91. The van der Waals surface area contributed by atoms with Crippen LogP contribution in [0, 0.1) is 11.3 Å². The minimum absolute atomic E-state index is 0.0143. The fraction of sp³-hybridized carbons (Fsp3) is 0.400. The van der Waals surface area contributed by atoms with Crippen LogP contribution >= 0.6 is 0 Å². The molecular formula is C25H29N7O2. The number of aromatic nitrogens is 3. The van der Waals surface area contributed by atoms with Gasteiger partial charge in [-0.3, -0.25) is 14.6 Å². The van der Waals surface area contributed by atoms with E-state index < -0.39 is 0 Å². The first kappa shape index (κ1) is 23.2. The molecule has 3 N–H and O–H groups in total. The number of pyridine rings is 1. The molecule has 9 nitrogen and oxygen atoms in total. The lowest BCUT2D eigenvalue weighted by atomic mass is 9.91. The number of fused-ring (bicyclic) bond motifs is 1. The smallest absolute Gasteiger partial charge is 0.255 e. The number of nitrogens with zero attached hydrogens (tertiary/aromatic N) is 4. The summed E-state index contributed by atoms with van der Waals surface area (Å²) in [5.41, 5.74) is 3.92. The van der Waals surface area contributed by atoms with Crippen molar-refractivity contribution < 1.29 is 9.59 Å². The second-order valence-corrected chi connectivity index (χ2v) is 9.05. The first-order valence-corrected chi connectivity index (χ1v) is 11.6. The fourth-order valence-electron chi connectivity index (χ4n) is 4.39. The van der Waals surface area contributed by atoms with Gasteiger partial charge in [-0.1, -0.05) is 0 Å². The zero-order chi connectivity index (χ0) is 24.2. The Kier molecular flexibility index (Phi) is 6.77. The molecule has 0 aromatic carbocycles. The van der Waals surface area contributed by atoms with E-state index in [4.69, 9.17) is 5.26 Å². The molecule has 3 aromatic heterocycles. The molecule has 0 bridgehead atoms. The summed E-state index contributed by atoms with van der Waals surface area (Å²) in [7, 11) is 0. The Morgan fingerprint density at radius 3 is 2.44 bits per heavy atom. The van der Waals surface area contributed by atoms with Crippen LogP contribution in [0.4, 0.5) is 5.69 Å². The summed E-state index contributed by atoms with van der Waals surface area (Å²) in [6.07, 6.45) is 6.46. The first-order valence-electron chi connectivity index (χ1n) is 11.6. The topological polar surface area (TPSA) is 124 Å². The largest absolute Gasteiger partial charge is 0.382 e. The van der Waals surface area contributed by atoms with Crippen molar-refractivity contribution in [2.75, 3.05) is 5.32 Å². The Labute approximate surface area is 198 Å². The molecule has 0 radical (unpaired) electrons. The standard InChI is InChI=1S/C25H29N7O2/c1-15(2)29-22-11-23(24-9-8-20-10-17(12-26)13-28-32(20)24)27-14-21(22)25(34)31-19-6-4-18(5-7-19)30-16(3)33/h8-11,13-15,18-19H,4-7H2,1-3H3,(H,27,29)(H,30,33)(H,31,34). The Hall–Kier alpha value is -3.93. The van der Waals surface area contributed by atoms with Gasteiger partial charge in [0.05, 0.1) is 39.9 Å². The molecule has 0 saturated heterocycles. The van der Waals surface area contributed by atoms with Crippen LogP contribution in [0.3, 0.4) is 0 Å². The van der Waals surface area contributed by atoms with Gasteiger partial charge in [0.2, 0.25) is 5.91 Å². The van der Waals surface area contributed by atoms with Gasteiger partial charge >= 0.3 is 0 Å². The van der Waals surface area contributed by atoms with Crippen molar-refractivity contribution in [3.8, 4) is 17.5 Å². The van der Waals surface area contributed by atoms with E-state index in [-0.39, 0.29) is 29.9 Å². The molecule has 0 atom stereocenters. The molecule has 3 aromatic rings. The molecule has 1 fully saturated rings. The van der Waals surface area contributed by atoms with Gasteiger partial charge in [-0.25, -0.2) is 4.52 Å². The predicted molar refractivity (Wildman–Crippen MR) is 129 cm³/mol. The average molecular weight is 460 g/mol. The second-order valence-electron chi connectivity index (χ2n) is 9.05. The van der Waals surface area contributed by atoms with Crippen LogP contribution in [0.2, 0.25) is 0 Å². The molecule has 0 spiro atoms. The SMILES string of the molecule is CC(=O)NC1CCC(NC(=O)c2cnc(-c3ccc4cc(C#N)cnn34)cc2NC(C)C)CC1. The van der Waals surface area contributed by atoms with Crippen LogP contribution in [0.25, 0.3) is 16.9 Å². The molecule has 1 aliphatic rings. The summed E-state index contributed by atoms with van der Waals surface area (Å²) in [5.74, 6) is -0.179. The van der Waals surface area contributed by atoms with E-state index in [1.165, 1.54) is 13.1 Å². The van der Waals surface area contributed by atoms with Crippen LogP contribution in [0.1, 0.15) is 62.4 Å². The van der Waals surface area contributed by atoms with Gasteiger partial charge in [-0.2, -0.15) is 10.4 Å². The third-order valence-electron chi connectivity index (χ3n) is 5.95. The van der Waals surface area contributed by atoms with Crippen molar-refractivity contribution in [2.24, 2.45) is 0 Å². The number of hydrogen-bond acceptors (Lipinski definition) is 6. The first-order chi connectivity index (χ1) is 16.3. The van der Waals surface area contributed by atoms with Gasteiger partial charge in [-0.05, 0) is 63.8 Å². The highest BCUT2D eigenvalue weighted by Gasteiger charge is 2.24. The van der Waals surface area contributed by atoms with E-state index in [9.17, 15) is 9.59 Å². The lowest BCUT2D eigenvalue weighted by Gasteiger charge is -2.29. The van der Waals surface area contributed by atoms with Crippen LogP contribution in [0.15, 0.2) is 36.7 Å². The minimum atomic E-state index is -0.165. The van der Waals surface area contributed by atoms with Crippen molar-refractivity contribution >= 4 is 23.0 Å². The highest BCUT2D eigenvalue weighted by atomic mass is 16.2. The number of carbonyl (C=O) groups excluding carboxylic acids is 2. The highest BCUT2D eigenvalue weighted by molar-refractivity contribution is 6.00. The summed E-state index contributed by atoms with van der Waals surface area (Å²) in [6.45, 7) is 5.57. The monoisotopic (exact) mass is 459 g/mol. The number of carbonyl (C=O) groups is 2. The van der Waals surface area contributed by atoms with E-state index in [1.807, 2.05) is 32.0 Å². The van der Waals surface area contributed by atoms with Crippen molar-refractivity contribution in [1.29, 1.82) is 5.26 Å². The van der Waals surface area contributed by atoms with Crippen LogP contribution in [-0.4, -0.2) is 44.5 Å². The summed E-state index contributed by atoms with van der Waals surface area (Å²) in [5, 5.41) is 22.9. The summed E-state index contributed by atoms with van der Waals surface area (Å²) in [4.78, 5) is 29.0. The summed E-state index contributed by atoms with van der Waals surface area (Å²) >= 11 is 0. The summed E-state index contributed by atoms with van der Waals surface area (Å²) < 4.78 is 1.73. The van der Waals surface area contributed by atoms with Gasteiger partial charge in [-0.15, -0.1) is 0 Å². The van der Waals surface area contributed by atoms with Crippen molar-refractivity contribution in [1.82, 2.24) is 25.2 Å². The maximum Gasteiger partial charge on any atom is 0.255 e. The molecule has 34 heavy (non-hydrogen) atoms. The molecule has 0 unspecified atom stereocenters. The Balaban J connectivity index is 1.55. The predicted octanol–water partition coefficient (Wildman–Crippen LogP) is 3.27. The Morgan fingerprint density at radius 1 is 1.09 bits per heavy atom. The Bertz CT molecular complexity index is 1250. The van der Waals surface area contributed by atoms with E-state index >= 15 is 0 Å². The third-order valence-corrected chi connectivity index (χ3v) is 5.95. The van der Waals surface area contributed by atoms with Gasteiger partial charge < -0.3 is 16.0 Å². The molecule has 1 saturated carbocycles. The normalized spacial score (nSPS) is 17.9. The van der Waals surface area contributed by atoms with Crippen LogP contribution < -0.4 is 16.0 Å². The molecule has 1 aliphatic carbocycles. The number of hydrogen-bond donors (Lipinski definition) is 3. The number of anilines is 1. The molecule has 4 rings (SSSR count). The quantitative estimate of drug-likeness (QED) is 0.520. The van der Waals surface area contributed by atoms with Gasteiger partial charge in [0.15, 0.2) is 0 Å². The molecule has 0 aliphatic heterocycles. The van der Waals surface area contributed by atoms with Crippen molar-refractivity contribution in [3.05, 3.63) is 47.8 Å². The maximum absolute atomic E-state index is 13.1. The van der Waals surface area contributed by atoms with E-state index in [1.54, 1.807) is 16.8 Å². The Morgan fingerprint density at radius 2 is 1.79 bits per heavy atom. The van der Waals surface area contributed by atoms with Crippen LogP contribution in [-0.2, 0) is 4.79 Å². The van der Waals surface area contributed by atoms with Crippen LogP contribution in [0.5, 0.6) is 0 Å². The van der Waals surface area contributed by atoms with Gasteiger partial charge in [0.25, 0.3) is 5.91 Å². The third kappa shape index (κ3) is 5.17. The number of nitrogens with one attached hydrogen (secondary N) is 3. The van der Waals surface area contributed by atoms with Crippen molar-refractivity contribution in [2.45, 2.75) is 64.6 Å². The lowest BCUT2D eigenvalue weighted by molar-refractivity contribution is -0.119. The molecule has 176 valence electrons.